The Bertz CT molecular complexity index is 1730. The number of pyridine rings is 1. The molecule has 216 valence electrons. The maximum Gasteiger partial charge on any atom is 0.339 e. The van der Waals surface area contributed by atoms with Crippen LogP contribution >= 0.6 is 11.3 Å². The third kappa shape index (κ3) is 5.97. The first-order valence-corrected chi connectivity index (χ1v) is 14.7. The predicted molar refractivity (Wildman–Crippen MR) is 167 cm³/mol. The number of nitro groups is 1. The van der Waals surface area contributed by atoms with Gasteiger partial charge in [0.05, 0.1) is 21.7 Å². The molecule has 1 atom stereocenters. The third-order valence-electron chi connectivity index (χ3n) is 7.92. The second-order valence-corrected chi connectivity index (χ2v) is 12.8. The van der Waals surface area contributed by atoms with Crippen LogP contribution in [-0.4, -0.2) is 28.4 Å². The summed E-state index contributed by atoms with van der Waals surface area (Å²) in [6.07, 6.45) is 3.62. The number of amides is 1. The van der Waals surface area contributed by atoms with Crippen molar-refractivity contribution in [2.75, 3.05) is 11.9 Å². The van der Waals surface area contributed by atoms with Crippen LogP contribution in [0, 0.1) is 35.3 Å². The van der Waals surface area contributed by atoms with Gasteiger partial charge in [-0.1, -0.05) is 45.0 Å². The van der Waals surface area contributed by atoms with Crippen molar-refractivity contribution < 1.29 is 19.2 Å². The zero-order valence-electron chi connectivity index (χ0n) is 24.3. The van der Waals surface area contributed by atoms with Gasteiger partial charge < -0.3 is 10.1 Å². The van der Waals surface area contributed by atoms with Crippen molar-refractivity contribution in [3.05, 3.63) is 96.9 Å². The summed E-state index contributed by atoms with van der Waals surface area (Å²) in [6.45, 7) is 9.59. The van der Waals surface area contributed by atoms with Gasteiger partial charge in [-0.2, -0.15) is 0 Å². The number of fused-ring (bicyclic) bond motifs is 2. The molecule has 0 aliphatic heterocycles. The van der Waals surface area contributed by atoms with Gasteiger partial charge in [-0.25, -0.2) is 9.78 Å². The van der Waals surface area contributed by atoms with E-state index in [1.165, 1.54) is 6.07 Å². The highest BCUT2D eigenvalue weighted by atomic mass is 32.1. The van der Waals surface area contributed by atoms with Gasteiger partial charge in [0.15, 0.2) is 6.61 Å². The molecular weight excluding hydrogens is 550 g/mol. The first-order chi connectivity index (χ1) is 19.9. The van der Waals surface area contributed by atoms with Gasteiger partial charge >= 0.3 is 5.97 Å². The van der Waals surface area contributed by atoms with Crippen LogP contribution in [0.4, 0.5) is 11.4 Å². The van der Waals surface area contributed by atoms with E-state index < -0.39 is 23.4 Å². The molecule has 5 rings (SSSR count). The van der Waals surface area contributed by atoms with Gasteiger partial charge in [0, 0.05) is 16.3 Å². The number of anilines is 1. The van der Waals surface area contributed by atoms with E-state index in [2.05, 4.69) is 38.2 Å². The minimum atomic E-state index is -0.659. The molecule has 0 saturated heterocycles. The lowest BCUT2D eigenvalue weighted by molar-refractivity contribution is -0.384. The normalized spacial score (nSPS) is 15.8. The number of rotatable bonds is 6. The van der Waals surface area contributed by atoms with Crippen molar-refractivity contribution >= 4 is 57.1 Å². The average molecular weight is 584 g/mol. The summed E-state index contributed by atoms with van der Waals surface area (Å²) in [6, 6.07) is 14.5. The molecule has 1 N–H and O–H groups in total. The number of aryl methyl sites for hydroxylation is 2. The van der Waals surface area contributed by atoms with Gasteiger partial charge in [0.25, 0.3) is 11.6 Å². The topological polar surface area (TPSA) is 111 Å². The summed E-state index contributed by atoms with van der Waals surface area (Å²) in [5, 5.41) is 16.8. The maximum atomic E-state index is 13.8. The Morgan fingerprint density at radius 2 is 1.86 bits per heavy atom. The number of hydrogen-bond donors (Lipinski definition) is 1. The van der Waals surface area contributed by atoms with E-state index >= 15 is 0 Å². The molecular formula is C33H33N3O5S. The molecule has 4 aromatic rings. The summed E-state index contributed by atoms with van der Waals surface area (Å²) in [5.41, 5.74) is 5.10. The number of allylic oxidation sites excluding steroid dienone is 1. The van der Waals surface area contributed by atoms with Gasteiger partial charge in [0.2, 0.25) is 0 Å². The SMILES string of the molecule is Cc1cc(NC(=O)COC(=O)c2c3c(nc4ccccc24)/C(=C/c2cccs2)CC(C(C)(C)C)C3)c([N+](=O)[O-])cc1C. The number of nitrogens with zero attached hydrogens (tertiary/aromatic N) is 2. The molecule has 0 bridgehead atoms. The fraction of sp³-hybridized carbons (Fsp3) is 0.303. The Hall–Kier alpha value is -4.37. The van der Waals surface area contributed by atoms with Crippen molar-refractivity contribution in [3.8, 4) is 0 Å². The number of nitrogens with one attached hydrogen (secondary N) is 1. The monoisotopic (exact) mass is 583 g/mol. The molecule has 1 unspecified atom stereocenters. The molecule has 0 radical (unpaired) electrons. The van der Waals surface area contributed by atoms with Gasteiger partial charge in [-0.3, -0.25) is 14.9 Å². The first-order valence-electron chi connectivity index (χ1n) is 13.8. The number of benzene rings is 2. The zero-order chi connectivity index (χ0) is 30.2. The van der Waals surface area contributed by atoms with E-state index in [1.54, 1.807) is 31.3 Å². The summed E-state index contributed by atoms with van der Waals surface area (Å²) < 4.78 is 5.59. The van der Waals surface area contributed by atoms with Crippen molar-refractivity contribution in [1.82, 2.24) is 4.98 Å². The van der Waals surface area contributed by atoms with Crippen LogP contribution in [0.1, 0.15) is 64.8 Å². The number of nitro benzene ring substituents is 1. The van der Waals surface area contributed by atoms with Crippen LogP contribution in [0.3, 0.4) is 0 Å². The van der Waals surface area contributed by atoms with E-state index in [1.807, 2.05) is 35.7 Å². The van der Waals surface area contributed by atoms with Crippen LogP contribution in [0.2, 0.25) is 0 Å². The molecule has 2 aromatic heterocycles. The van der Waals surface area contributed by atoms with Gasteiger partial charge in [0.1, 0.15) is 5.69 Å². The summed E-state index contributed by atoms with van der Waals surface area (Å²) in [7, 11) is 0. The van der Waals surface area contributed by atoms with Crippen molar-refractivity contribution in [2.24, 2.45) is 11.3 Å². The Labute approximate surface area is 248 Å². The van der Waals surface area contributed by atoms with E-state index in [4.69, 9.17) is 9.72 Å². The lowest BCUT2D eigenvalue weighted by atomic mass is 9.69. The molecule has 1 aliphatic rings. The van der Waals surface area contributed by atoms with Gasteiger partial charge in [-0.15, -0.1) is 11.3 Å². The number of aromatic nitrogens is 1. The number of thiophene rings is 1. The second kappa shape index (κ2) is 11.5. The van der Waals surface area contributed by atoms with Crippen LogP contribution in [0.25, 0.3) is 22.6 Å². The average Bonchev–Trinajstić information content (AvgIpc) is 3.45. The second-order valence-electron chi connectivity index (χ2n) is 11.8. The highest BCUT2D eigenvalue weighted by Gasteiger charge is 2.35. The molecule has 0 saturated carbocycles. The van der Waals surface area contributed by atoms with Crippen LogP contribution in [0.15, 0.2) is 53.9 Å². The Morgan fingerprint density at radius 3 is 2.55 bits per heavy atom. The van der Waals surface area contributed by atoms with Crippen molar-refractivity contribution in [3.63, 3.8) is 0 Å². The quantitative estimate of drug-likeness (QED) is 0.141. The highest BCUT2D eigenvalue weighted by Crippen LogP contribution is 2.45. The zero-order valence-corrected chi connectivity index (χ0v) is 25.1. The number of para-hydroxylation sites is 1. The molecule has 1 amide bonds. The van der Waals surface area contributed by atoms with Crippen LogP contribution in [-0.2, 0) is 16.0 Å². The molecule has 0 fully saturated rings. The first kappa shape index (κ1) is 29.1. The lowest BCUT2D eigenvalue weighted by Crippen LogP contribution is -2.29. The number of carbonyl (C=O) groups excluding carboxylic acids is 2. The standard InChI is InChI=1S/C33H33N3O5S/c1-19-13-27(28(36(39)40)14-20(19)2)34-29(37)18-41-32(38)30-24-10-6-7-11-26(24)35-31-21(16-23-9-8-12-42-23)15-22(17-25(30)31)33(3,4)5/h6-14,16,22H,15,17-18H2,1-5H3,(H,34,37)/b21-16+. The number of hydrogen-bond acceptors (Lipinski definition) is 7. The number of esters is 1. The van der Waals surface area contributed by atoms with Crippen LogP contribution < -0.4 is 5.32 Å². The maximum absolute atomic E-state index is 13.8. The van der Waals surface area contributed by atoms with E-state index in [0.29, 0.717) is 22.9 Å². The van der Waals surface area contributed by atoms with Crippen molar-refractivity contribution in [2.45, 2.75) is 47.5 Å². The summed E-state index contributed by atoms with van der Waals surface area (Å²) in [4.78, 5) is 43.8. The Balaban J connectivity index is 1.50. The smallest absolute Gasteiger partial charge is 0.339 e. The molecule has 2 aromatic carbocycles. The predicted octanol–water partition coefficient (Wildman–Crippen LogP) is 7.77. The van der Waals surface area contributed by atoms with Crippen LogP contribution in [0.5, 0.6) is 0 Å². The summed E-state index contributed by atoms with van der Waals surface area (Å²) >= 11 is 1.65. The Kier molecular flexibility index (Phi) is 7.97. The minimum absolute atomic E-state index is 0.0280. The lowest BCUT2D eigenvalue weighted by Gasteiger charge is -2.36. The third-order valence-corrected chi connectivity index (χ3v) is 8.74. The molecule has 9 heteroatoms. The van der Waals surface area contributed by atoms with E-state index in [9.17, 15) is 19.7 Å². The number of carbonyl (C=O) groups is 2. The molecule has 8 nitrogen and oxygen atoms in total. The molecule has 0 spiro atoms. The van der Waals surface area contributed by atoms with E-state index in [0.717, 1.165) is 39.3 Å². The Morgan fingerprint density at radius 1 is 1.12 bits per heavy atom. The van der Waals surface area contributed by atoms with Gasteiger partial charge in [-0.05, 0) is 89.9 Å². The minimum Gasteiger partial charge on any atom is -0.452 e. The van der Waals surface area contributed by atoms with E-state index in [-0.39, 0.29) is 22.7 Å². The fourth-order valence-corrected chi connectivity index (χ4v) is 6.04. The molecule has 42 heavy (non-hydrogen) atoms. The number of ether oxygens (including phenoxy) is 1. The van der Waals surface area contributed by atoms with Crippen molar-refractivity contribution in [1.29, 1.82) is 0 Å². The fourth-order valence-electron chi connectivity index (χ4n) is 5.36. The molecule has 1 aliphatic carbocycles. The molecule has 2 heterocycles. The largest absolute Gasteiger partial charge is 0.452 e. The summed E-state index contributed by atoms with van der Waals surface area (Å²) in [5.74, 6) is -1.04. The highest BCUT2D eigenvalue weighted by molar-refractivity contribution is 7.10.